The molecule has 0 spiro atoms. The van der Waals surface area contributed by atoms with Crippen LogP contribution in [0.15, 0.2) is 55.2 Å². The second-order valence-electron chi connectivity index (χ2n) is 5.99. The lowest BCUT2D eigenvalue weighted by molar-refractivity contribution is 0.000484. The highest BCUT2D eigenvalue weighted by molar-refractivity contribution is 6.07. The summed E-state index contributed by atoms with van der Waals surface area (Å²) in [4.78, 5) is 20.3. The SMILES string of the molecule is C=C1O[C@@H](n2cc(F)c3c(NC(=O)c4ccccc4)ncnc32)[C@H](O)[C@@H]1F. The van der Waals surface area contributed by atoms with Crippen molar-refractivity contribution in [3.05, 3.63) is 66.6 Å². The molecule has 0 saturated carbocycles. The Morgan fingerprint density at radius 3 is 2.70 bits per heavy atom. The van der Waals surface area contributed by atoms with Crippen LogP contribution in [0.5, 0.6) is 0 Å². The molecule has 27 heavy (non-hydrogen) atoms. The second kappa shape index (κ2) is 6.44. The number of amides is 1. The van der Waals surface area contributed by atoms with Gasteiger partial charge in [0.15, 0.2) is 17.6 Å². The monoisotopic (exact) mass is 372 g/mol. The van der Waals surface area contributed by atoms with Crippen LogP contribution in [0, 0.1) is 5.82 Å². The number of rotatable bonds is 3. The van der Waals surface area contributed by atoms with E-state index >= 15 is 0 Å². The largest absolute Gasteiger partial charge is 0.469 e. The van der Waals surface area contributed by atoms with Gasteiger partial charge < -0.3 is 15.2 Å². The fourth-order valence-corrected chi connectivity index (χ4v) is 2.94. The van der Waals surface area contributed by atoms with Crippen LogP contribution in [0.4, 0.5) is 14.6 Å². The zero-order valence-electron chi connectivity index (χ0n) is 13.8. The predicted octanol–water partition coefficient (Wildman–Crippen LogP) is 2.56. The lowest BCUT2D eigenvalue weighted by atomic mass is 10.2. The molecule has 138 valence electrons. The van der Waals surface area contributed by atoms with Crippen molar-refractivity contribution < 1.29 is 23.4 Å². The van der Waals surface area contributed by atoms with E-state index in [4.69, 9.17) is 4.74 Å². The molecule has 1 aromatic carbocycles. The molecule has 1 saturated heterocycles. The molecule has 1 fully saturated rings. The minimum atomic E-state index is -1.80. The molecular weight excluding hydrogens is 358 g/mol. The van der Waals surface area contributed by atoms with Crippen LogP contribution < -0.4 is 5.32 Å². The highest BCUT2D eigenvalue weighted by Gasteiger charge is 2.42. The van der Waals surface area contributed by atoms with Crippen LogP contribution in [-0.2, 0) is 4.74 Å². The Hall–Kier alpha value is -3.33. The third-order valence-corrected chi connectivity index (χ3v) is 4.28. The van der Waals surface area contributed by atoms with Gasteiger partial charge in [-0.15, -0.1) is 0 Å². The Morgan fingerprint density at radius 2 is 2.04 bits per heavy atom. The summed E-state index contributed by atoms with van der Waals surface area (Å²) in [6.45, 7) is 3.38. The highest BCUT2D eigenvalue weighted by Crippen LogP contribution is 2.36. The predicted molar refractivity (Wildman–Crippen MR) is 92.0 cm³/mol. The van der Waals surface area contributed by atoms with E-state index in [0.29, 0.717) is 5.56 Å². The molecule has 1 aliphatic rings. The standard InChI is InChI=1S/C18H14F2N4O3/c1-9-13(20)14(25)18(27-9)24-7-11(19)12-15(21-8-22-16(12)24)23-17(26)10-5-3-2-4-6-10/h2-8,13-14,18,25H,1H2,(H,21,22,23,26)/t13-,14-,18-/m1/s1. The Kier molecular flexibility index (Phi) is 4.08. The van der Waals surface area contributed by atoms with Gasteiger partial charge in [-0.1, -0.05) is 24.8 Å². The maximum Gasteiger partial charge on any atom is 0.256 e. The number of alkyl halides is 1. The number of ether oxygens (including phenoxy) is 1. The number of aliphatic hydroxyl groups excluding tert-OH is 1. The highest BCUT2D eigenvalue weighted by atomic mass is 19.1. The molecule has 0 bridgehead atoms. The van der Waals surface area contributed by atoms with Crippen molar-refractivity contribution in [2.75, 3.05) is 5.32 Å². The Balaban J connectivity index is 1.74. The molecule has 3 atom stereocenters. The first-order valence-corrected chi connectivity index (χ1v) is 8.02. The van der Waals surface area contributed by atoms with Gasteiger partial charge in [0.1, 0.15) is 24.0 Å². The van der Waals surface area contributed by atoms with Crippen molar-refractivity contribution in [1.29, 1.82) is 0 Å². The van der Waals surface area contributed by atoms with Gasteiger partial charge in [-0.2, -0.15) is 0 Å². The number of hydrogen-bond acceptors (Lipinski definition) is 5. The average Bonchev–Trinajstić information content (AvgIpc) is 3.14. The van der Waals surface area contributed by atoms with Gasteiger partial charge in [-0.25, -0.2) is 18.7 Å². The molecule has 2 aromatic heterocycles. The number of benzene rings is 1. The molecule has 2 N–H and O–H groups in total. The summed E-state index contributed by atoms with van der Waals surface area (Å²) in [5, 5.41) is 12.5. The lowest BCUT2D eigenvalue weighted by Gasteiger charge is -2.16. The molecule has 0 unspecified atom stereocenters. The fraction of sp³-hybridized carbons (Fsp3) is 0.167. The van der Waals surface area contributed by atoms with Gasteiger partial charge >= 0.3 is 0 Å². The molecule has 3 heterocycles. The summed E-state index contributed by atoms with van der Waals surface area (Å²) in [7, 11) is 0. The van der Waals surface area contributed by atoms with Gasteiger partial charge in [0.05, 0.1) is 5.39 Å². The number of nitrogens with one attached hydrogen (secondary N) is 1. The van der Waals surface area contributed by atoms with Crippen LogP contribution in [0.3, 0.4) is 0 Å². The lowest BCUT2D eigenvalue weighted by Crippen LogP contribution is -2.25. The fourth-order valence-electron chi connectivity index (χ4n) is 2.94. The minimum absolute atomic E-state index is 0.0387. The number of anilines is 1. The zero-order chi connectivity index (χ0) is 19.1. The summed E-state index contributed by atoms with van der Waals surface area (Å²) >= 11 is 0. The van der Waals surface area contributed by atoms with Crippen LogP contribution in [0.25, 0.3) is 11.0 Å². The van der Waals surface area contributed by atoms with Crippen LogP contribution in [0.1, 0.15) is 16.6 Å². The number of carbonyl (C=O) groups excluding carboxylic acids is 1. The first-order valence-electron chi connectivity index (χ1n) is 8.02. The summed E-state index contributed by atoms with van der Waals surface area (Å²) in [5.74, 6) is -1.52. The first kappa shape index (κ1) is 17.1. The van der Waals surface area contributed by atoms with Crippen molar-refractivity contribution in [3.8, 4) is 0 Å². The van der Waals surface area contributed by atoms with E-state index in [1.807, 2.05) is 0 Å². The molecule has 3 aromatic rings. The normalized spacial score (nSPS) is 22.0. The third-order valence-electron chi connectivity index (χ3n) is 4.28. The maximum atomic E-state index is 14.6. The quantitative estimate of drug-likeness (QED) is 0.738. The van der Waals surface area contributed by atoms with Crippen molar-refractivity contribution in [1.82, 2.24) is 14.5 Å². The average molecular weight is 372 g/mol. The van der Waals surface area contributed by atoms with Crippen LogP contribution in [-0.4, -0.2) is 37.8 Å². The molecule has 1 aliphatic heterocycles. The van der Waals surface area contributed by atoms with Crippen molar-refractivity contribution in [3.63, 3.8) is 0 Å². The van der Waals surface area contributed by atoms with Gasteiger partial charge in [-0.05, 0) is 12.1 Å². The molecule has 4 rings (SSSR count). The number of halogens is 2. The summed E-state index contributed by atoms with van der Waals surface area (Å²) in [6.07, 6.45) is -2.45. The minimum Gasteiger partial charge on any atom is -0.469 e. The van der Waals surface area contributed by atoms with E-state index in [1.165, 1.54) is 0 Å². The van der Waals surface area contributed by atoms with Crippen LogP contribution >= 0.6 is 0 Å². The topological polar surface area (TPSA) is 89.3 Å². The van der Waals surface area contributed by atoms with E-state index in [2.05, 4.69) is 21.9 Å². The summed E-state index contributed by atoms with van der Waals surface area (Å²) in [5.41, 5.74) is 0.409. The molecular formula is C18H14F2N4O3. The molecule has 0 radical (unpaired) electrons. The first-order chi connectivity index (χ1) is 13.0. The van der Waals surface area contributed by atoms with Gasteiger partial charge in [-0.3, -0.25) is 9.36 Å². The van der Waals surface area contributed by atoms with Crippen LogP contribution in [0.2, 0.25) is 0 Å². The number of hydrogen-bond donors (Lipinski definition) is 2. The summed E-state index contributed by atoms with van der Waals surface area (Å²) < 4.78 is 34.8. The maximum absolute atomic E-state index is 14.6. The van der Waals surface area contributed by atoms with E-state index in [9.17, 15) is 18.7 Å². The Labute approximate surface area is 151 Å². The summed E-state index contributed by atoms with van der Waals surface area (Å²) in [6, 6.07) is 8.36. The number of fused-ring (bicyclic) bond motifs is 1. The number of nitrogens with zero attached hydrogens (tertiary/aromatic N) is 3. The third kappa shape index (κ3) is 2.81. The van der Waals surface area contributed by atoms with E-state index in [1.54, 1.807) is 30.3 Å². The number of aliphatic hydroxyl groups is 1. The number of aromatic nitrogens is 3. The smallest absolute Gasteiger partial charge is 0.256 e. The second-order valence-corrected chi connectivity index (χ2v) is 5.99. The molecule has 0 aliphatic carbocycles. The Morgan fingerprint density at radius 1 is 1.30 bits per heavy atom. The van der Waals surface area contributed by atoms with Crippen molar-refractivity contribution in [2.24, 2.45) is 0 Å². The number of carbonyl (C=O) groups is 1. The Bertz CT molecular complexity index is 1040. The molecule has 1 amide bonds. The van der Waals surface area contributed by atoms with Crippen molar-refractivity contribution in [2.45, 2.75) is 18.5 Å². The van der Waals surface area contributed by atoms with E-state index in [0.717, 1.165) is 17.1 Å². The van der Waals surface area contributed by atoms with Gasteiger partial charge in [0.2, 0.25) is 6.23 Å². The molecule has 9 heteroatoms. The van der Waals surface area contributed by atoms with E-state index < -0.39 is 30.2 Å². The van der Waals surface area contributed by atoms with Gasteiger partial charge in [0.25, 0.3) is 5.91 Å². The zero-order valence-corrected chi connectivity index (χ0v) is 13.8. The molecule has 7 nitrogen and oxygen atoms in total. The van der Waals surface area contributed by atoms with Crippen molar-refractivity contribution >= 4 is 22.8 Å². The van der Waals surface area contributed by atoms with Gasteiger partial charge in [0, 0.05) is 11.8 Å². The van der Waals surface area contributed by atoms with E-state index in [-0.39, 0.29) is 22.6 Å².